The zero-order valence-electron chi connectivity index (χ0n) is 18.7. The summed E-state index contributed by atoms with van der Waals surface area (Å²) in [5, 5.41) is 8.70. The van der Waals surface area contributed by atoms with Crippen LogP contribution in [0.5, 0.6) is 5.75 Å². The van der Waals surface area contributed by atoms with Gasteiger partial charge in [-0.15, -0.1) is 5.10 Å². The van der Waals surface area contributed by atoms with Gasteiger partial charge in [-0.05, 0) is 49.7 Å². The van der Waals surface area contributed by atoms with Crippen LogP contribution in [0, 0.1) is 6.92 Å². The minimum absolute atomic E-state index is 0.0713. The Labute approximate surface area is 191 Å². The molecule has 1 saturated heterocycles. The maximum Gasteiger partial charge on any atom is 0.254 e. The predicted molar refractivity (Wildman–Crippen MR) is 125 cm³/mol. The maximum atomic E-state index is 12.9. The highest BCUT2D eigenvalue weighted by Gasteiger charge is 2.26. The SMILES string of the molecule is CCOc1ccc(-n2nnc3c(N4CCN(C(=O)c5ccccc5C)CC4)ncnc32)cc1. The van der Waals surface area contributed by atoms with Crippen molar-refractivity contribution in [2.75, 3.05) is 37.7 Å². The lowest BCUT2D eigenvalue weighted by molar-refractivity contribution is 0.0746. The van der Waals surface area contributed by atoms with Gasteiger partial charge in [0, 0.05) is 31.7 Å². The predicted octanol–water partition coefficient (Wildman–Crippen LogP) is 2.88. The Kier molecular flexibility index (Phi) is 5.60. The number of ether oxygens (including phenoxy) is 1. The van der Waals surface area contributed by atoms with Gasteiger partial charge in [-0.3, -0.25) is 4.79 Å². The first-order chi connectivity index (χ1) is 16.2. The molecular formula is C24H25N7O2. The quantitative estimate of drug-likeness (QED) is 0.469. The molecule has 33 heavy (non-hydrogen) atoms. The molecule has 0 unspecified atom stereocenters. The highest BCUT2D eigenvalue weighted by Crippen LogP contribution is 2.25. The van der Waals surface area contributed by atoms with Crippen molar-refractivity contribution in [1.82, 2.24) is 29.9 Å². The number of piperazine rings is 1. The van der Waals surface area contributed by atoms with E-state index in [4.69, 9.17) is 4.74 Å². The Morgan fingerprint density at radius 1 is 1.00 bits per heavy atom. The molecule has 9 heteroatoms. The number of aromatic nitrogens is 5. The highest BCUT2D eigenvalue weighted by atomic mass is 16.5. The van der Waals surface area contributed by atoms with Gasteiger partial charge >= 0.3 is 0 Å². The second-order valence-corrected chi connectivity index (χ2v) is 7.89. The monoisotopic (exact) mass is 443 g/mol. The molecule has 9 nitrogen and oxygen atoms in total. The molecule has 1 fully saturated rings. The van der Waals surface area contributed by atoms with E-state index in [1.807, 2.05) is 67.3 Å². The Morgan fingerprint density at radius 3 is 2.48 bits per heavy atom. The summed E-state index contributed by atoms with van der Waals surface area (Å²) in [7, 11) is 0. The van der Waals surface area contributed by atoms with Crippen LogP contribution in [0.25, 0.3) is 16.9 Å². The van der Waals surface area contributed by atoms with Crippen LogP contribution in [0.3, 0.4) is 0 Å². The molecule has 0 radical (unpaired) electrons. The molecule has 168 valence electrons. The summed E-state index contributed by atoms with van der Waals surface area (Å²) in [6, 6.07) is 15.4. The van der Waals surface area contributed by atoms with Gasteiger partial charge < -0.3 is 14.5 Å². The molecular weight excluding hydrogens is 418 g/mol. The number of anilines is 1. The largest absolute Gasteiger partial charge is 0.494 e. The van der Waals surface area contributed by atoms with Crippen molar-refractivity contribution < 1.29 is 9.53 Å². The Hall–Kier alpha value is -4.01. The average molecular weight is 444 g/mol. The molecule has 0 bridgehead atoms. The van der Waals surface area contributed by atoms with Crippen molar-refractivity contribution >= 4 is 22.9 Å². The third kappa shape index (κ3) is 3.97. The normalized spacial score (nSPS) is 14.0. The number of benzene rings is 2. The summed E-state index contributed by atoms with van der Waals surface area (Å²) in [6.45, 7) is 7.10. The van der Waals surface area contributed by atoms with Gasteiger partial charge in [-0.25, -0.2) is 9.97 Å². The molecule has 0 saturated carbocycles. The van der Waals surface area contributed by atoms with E-state index in [-0.39, 0.29) is 5.91 Å². The van der Waals surface area contributed by atoms with Crippen molar-refractivity contribution in [3.05, 3.63) is 66.0 Å². The van der Waals surface area contributed by atoms with E-state index in [9.17, 15) is 4.79 Å². The number of hydrogen-bond acceptors (Lipinski definition) is 7. The van der Waals surface area contributed by atoms with Gasteiger partial charge in [0.25, 0.3) is 5.91 Å². The van der Waals surface area contributed by atoms with Crippen molar-refractivity contribution in [2.45, 2.75) is 13.8 Å². The molecule has 4 aromatic rings. The van der Waals surface area contributed by atoms with Crippen LogP contribution in [-0.2, 0) is 0 Å². The number of aryl methyl sites for hydroxylation is 1. The van der Waals surface area contributed by atoms with E-state index in [0.717, 1.165) is 28.4 Å². The minimum atomic E-state index is 0.0713. The van der Waals surface area contributed by atoms with E-state index < -0.39 is 0 Å². The van der Waals surface area contributed by atoms with Crippen LogP contribution in [0.15, 0.2) is 54.9 Å². The van der Waals surface area contributed by atoms with Gasteiger partial charge in [0.1, 0.15) is 12.1 Å². The standard InChI is InChI=1S/C24H25N7O2/c1-3-33-19-10-8-18(9-11-19)31-23-21(27-28-31)22(25-16-26-23)29-12-14-30(15-13-29)24(32)20-7-5-4-6-17(20)2/h4-11,16H,3,12-15H2,1-2H3. The molecule has 2 aromatic heterocycles. The van der Waals surface area contributed by atoms with Gasteiger partial charge in [0.2, 0.25) is 0 Å². The molecule has 0 spiro atoms. The summed E-state index contributed by atoms with van der Waals surface area (Å²) in [5.41, 5.74) is 3.88. The molecule has 1 amide bonds. The van der Waals surface area contributed by atoms with Gasteiger partial charge in [-0.2, -0.15) is 4.68 Å². The third-order valence-corrected chi connectivity index (χ3v) is 5.85. The van der Waals surface area contributed by atoms with Crippen molar-refractivity contribution in [3.63, 3.8) is 0 Å². The summed E-state index contributed by atoms with van der Waals surface area (Å²) >= 11 is 0. The minimum Gasteiger partial charge on any atom is -0.494 e. The zero-order chi connectivity index (χ0) is 22.8. The molecule has 2 aromatic carbocycles. The van der Waals surface area contributed by atoms with Crippen LogP contribution in [0.2, 0.25) is 0 Å². The molecule has 0 atom stereocenters. The molecule has 0 aliphatic carbocycles. The number of carbonyl (C=O) groups excluding carboxylic acids is 1. The molecule has 1 aliphatic rings. The summed E-state index contributed by atoms with van der Waals surface area (Å²) < 4.78 is 7.22. The van der Waals surface area contributed by atoms with E-state index >= 15 is 0 Å². The van der Waals surface area contributed by atoms with Crippen LogP contribution in [0.4, 0.5) is 5.82 Å². The summed E-state index contributed by atoms with van der Waals surface area (Å²) in [5.74, 6) is 1.61. The van der Waals surface area contributed by atoms with E-state index in [0.29, 0.717) is 43.9 Å². The number of carbonyl (C=O) groups is 1. The third-order valence-electron chi connectivity index (χ3n) is 5.85. The number of amides is 1. The Balaban J connectivity index is 1.35. The van der Waals surface area contributed by atoms with Crippen LogP contribution >= 0.6 is 0 Å². The molecule has 3 heterocycles. The second kappa shape index (κ2) is 8.85. The smallest absolute Gasteiger partial charge is 0.254 e. The highest BCUT2D eigenvalue weighted by molar-refractivity contribution is 5.95. The van der Waals surface area contributed by atoms with Crippen LogP contribution in [-0.4, -0.2) is 68.6 Å². The van der Waals surface area contributed by atoms with Crippen molar-refractivity contribution in [3.8, 4) is 11.4 Å². The zero-order valence-corrected chi connectivity index (χ0v) is 18.7. The molecule has 1 aliphatic heterocycles. The Bertz CT molecular complexity index is 1280. The van der Waals surface area contributed by atoms with E-state index in [2.05, 4.69) is 25.2 Å². The van der Waals surface area contributed by atoms with Gasteiger partial charge in [0.15, 0.2) is 17.0 Å². The first-order valence-electron chi connectivity index (χ1n) is 11.0. The second-order valence-electron chi connectivity index (χ2n) is 7.89. The van der Waals surface area contributed by atoms with Crippen LogP contribution in [0.1, 0.15) is 22.8 Å². The maximum absolute atomic E-state index is 12.9. The number of rotatable bonds is 5. The van der Waals surface area contributed by atoms with Gasteiger partial charge in [0.05, 0.1) is 12.3 Å². The summed E-state index contributed by atoms with van der Waals surface area (Å²) in [4.78, 5) is 25.9. The fraction of sp³-hybridized carbons (Fsp3) is 0.292. The van der Waals surface area contributed by atoms with Gasteiger partial charge in [-0.1, -0.05) is 23.4 Å². The van der Waals surface area contributed by atoms with Crippen molar-refractivity contribution in [2.24, 2.45) is 0 Å². The topological polar surface area (TPSA) is 89.3 Å². The molecule has 5 rings (SSSR count). The fourth-order valence-electron chi connectivity index (χ4n) is 4.10. The van der Waals surface area contributed by atoms with E-state index in [1.54, 1.807) is 4.68 Å². The first-order valence-corrected chi connectivity index (χ1v) is 11.0. The van der Waals surface area contributed by atoms with Crippen molar-refractivity contribution in [1.29, 1.82) is 0 Å². The molecule has 0 N–H and O–H groups in total. The lowest BCUT2D eigenvalue weighted by Crippen LogP contribution is -2.49. The average Bonchev–Trinajstić information content (AvgIpc) is 3.29. The first kappa shape index (κ1) is 20.9. The number of hydrogen-bond donors (Lipinski definition) is 0. The lowest BCUT2D eigenvalue weighted by atomic mass is 10.1. The van der Waals surface area contributed by atoms with Crippen LogP contribution < -0.4 is 9.64 Å². The fourth-order valence-corrected chi connectivity index (χ4v) is 4.10. The summed E-state index contributed by atoms with van der Waals surface area (Å²) in [6.07, 6.45) is 1.54. The number of fused-ring (bicyclic) bond motifs is 1. The van der Waals surface area contributed by atoms with E-state index in [1.165, 1.54) is 6.33 Å². The lowest BCUT2D eigenvalue weighted by Gasteiger charge is -2.35. The Morgan fingerprint density at radius 2 is 1.76 bits per heavy atom. The number of nitrogens with zero attached hydrogens (tertiary/aromatic N) is 7.